The summed E-state index contributed by atoms with van der Waals surface area (Å²) in [4.78, 5) is 40.6. The number of carboxylic acid groups (broad SMARTS) is 2. The molecule has 2 fully saturated rings. The van der Waals surface area contributed by atoms with E-state index in [1.165, 1.54) is 39.9 Å². The average molecular weight is 651 g/mol. The Morgan fingerprint density at radius 1 is 1.09 bits per heavy atom. The lowest BCUT2D eigenvalue weighted by Crippen LogP contribution is -2.46. The van der Waals surface area contributed by atoms with E-state index in [1.807, 2.05) is 0 Å². The van der Waals surface area contributed by atoms with Gasteiger partial charge in [0.2, 0.25) is 10.9 Å². The number of hydrogen-bond acceptors (Lipinski definition) is 12. The lowest BCUT2D eigenvalue weighted by Gasteiger charge is -2.31. The number of aliphatic hydroxyl groups excluding tert-OH is 1. The van der Waals surface area contributed by atoms with Gasteiger partial charge in [0.05, 0.1) is 23.1 Å². The van der Waals surface area contributed by atoms with Crippen LogP contribution in [0, 0.1) is 0 Å². The van der Waals surface area contributed by atoms with E-state index >= 15 is 0 Å². The summed E-state index contributed by atoms with van der Waals surface area (Å²) in [7, 11) is 0. The number of rotatable bonds is 9. The lowest BCUT2D eigenvalue weighted by atomic mass is 9.90. The highest BCUT2D eigenvalue weighted by Gasteiger charge is 2.79. The molecule has 3 aromatic heterocycles. The molecule has 0 radical (unpaired) electrons. The number of carbonyl (C=O) groups is 2. The summed E-state index contributed by atoms with van der Waals surface area (Å²) in [5, 5.41) is 43.9. The van der Waals surface area contributed by atoms with Gasteiger partial charge in [0.25, 0.3) is 0 Å². The van der Waals surface area contributed by atoms with E-state index in [2.05, 4.69) is 19.9 Å². The molecular weight excluding hydrogens is 628 g/mol. The first-order chi connectivity index (χ1) is 21.5. The number of anilines is 1. The molecule has 16 heteroatoms. The maximum absolute atomic E-state index is 13.0. The number of aliphatic carboxylic acids is 1. The fourth-order valence-electron chi connectivity index (χ4n) is 5.74. The predicted molar refractivity (Wildman–Crippen MR) is 158 cm³/mol. The highest BCUT2D eigenvalue weighted by atomic mass is 35.5. The second-order valence-electron chi connectivity index (χ2n) is 10.8. The normalized spacial score (nSPS) is 25.1. The Balaban J connectivity index is 1.15. The summed E-state index contributed by atoms with van der Waals surface area (Å²) in [6, 6.07) is 13.4. The molecule has 1 aliphatic carbocycles. The van der Waals surface area contributed by atoms with Gasteiger partial charge < -0.3 is 35.6 Å². The van der Waals surface area contributed by atoms with Crippen LogP contribution in [0.4, 0.5) is 5.82 Å². The SMILES string of the molecule is Nc1nc(Cl)nc2c1ncn2[C@@H]1O[C@@H]2C(O[C@](Cc3ccc(-c4ccc(C(=O)O)cc4)cc3)(C(=O)O)c3cscn3)[C@]2(O)[C@H]1O. The van der Waals surface area contributed by atoms with Crippen molar-refractivity contribution in [2.75, 3.05) is 5.73 Å². The molecule has 6 N–H and O–H groups in total. The van der Waals surface area contributed by atoms with Gasteiger partial charge in [-0.2, -0.15) is 9.97 Å². The molecule has 0 spiro atoms. The van der Waals surface area contributed by atoms with Gasteiger partial charge in [-0.15, -0.1) is 11.3 Å². The minimum absolute atomic E-state index is 0.0277. The zero-order valence-corrected chi connectivity index (χ0v) is 24.5. The van der Waals surface area contributed by atoms with Crippen LogP contribution in [0.5, 0.6) is 0 Å². The molecule has 45 heavy (non-hydrogen) atoms. The fraction of sp³-hybridized carbons (Fsp3) is 0.241. The number of carboxylic acids is 2. The van der Waals surface area contributed by atoms with Gasteiger partial charge >= 0.3 is 11.9 Å². The average Bonchev–Trinajstić information content (AvgIpc) is 3.52. The third-order valence-corrected chi connectivity index (χ3v) is 8.95. The van der Waals surface area contributed by atoms with Crippen LogP contribution in [0.1, 0.15) is 27.8 Å². The number of fused-ring (bicyclic) bond motifs is 2. The van der Waals surface area contributed by atoms with Crippen molar-refractivity contribution in [3.05, 3.63) is 87.9 Å². The largest absolute Gasteiger partial charge is 0.479 e. The first kappa shape index (κ1) is 29.2. The van der Waals surface area contributed by atoms with Crippen LogP contribution in [0.25, 0.3) is 22.3 Å². The smallest absolute Gasteiger partial charge is 0.342 e. The van der Waals surface area contributed by atoms with Crippen LogP contribution in [0.15, 0.2) is 65.7 Å². The molecule has 2 aromatic carbocycles. The van der Waals surface area contributed by atoms with E-state index in [0.29, 0.717) is 5.56 Å². The quantitative estimate of drug-likeness (QED) is 0.145. The molecule has 4 heterocycles. The Hall–Kier alpha value is -4.51. The molecule has 0 amide bonds. The van der Waals surface area contributed by atoms with Crippen LogP contribution in [0.2, 0.25) is 5.28 Å². The van der Waals surface area contributed by atoms with Crippen molar-refractivity contribution in [2.45, 2.75) is 42.2 Å². The van der Waals surface area contributed by atoms with E-state index < -0.39 is 47.7 Å². The van der Waals surface area contributed by atoms with Crippen molar-refractivity contribution >= 4 is 51.9 Å². The van der Waals surface area contributed by atoms with Gasteiger partial charge in [0.1, 0.15) is 23.8 Å². The van der Waals surface area contributed by atoms with Crippen LogP contribution in [-0.4, -0.2) is 80.8 Å². The van der Waals surface area contributed by atoms with E-state index in [9.17, 15) is 24.9 Å². The molecule has 0 bridgehead atoms. The minimum atomic E-state index is -2.04. The zero-order valence-electron chi connectivity index (χ0n) is 22.9. The van der Waals surface area contributed by atoms with Gasteiger partial charge in [-0.3, -0.25) is 4.57 Å². The molecule has 1 unspecified atom stereocenters. The summed E-state index contributed by atoms with van der Waals surface area (Å²) < 4.78 is 13.6. The second kappa shape index (κ2) is 10.5. The Bertz CT molecular complexity index is 1940. The van der Waals surface area contributed by atoms with Gasteiger partial charge in [0, 0.05) is 11.8 Å². The first-order valence-corrected chi connectivity index (χ1v) is 14.8. The summed E-state index contributed by atoms with van der Waals surface area (Å²) in [5.74, 6) is -2.34. The van der Waals surface area contributed by atoms with Crippen molar-refractivity contribution in [1.29, 1.82) is 0 Å². The highest BCUT2D eigenvalue weighted by molar-refractivity contribution is 7.07. The second-order valence-corrected chi connectivity index (χ2v) is 11.8. The number of nitrogens with zero attached hydrogens (tertiary/aromatic N) is 5. The number of aromatic carboxylic acids is 1. The van der Waals surface area contributed by atoms with Crippen LogP contribution in [0.3, 0.4) is 0 Å². The Labute approximate surface area is 262 Å². The molecule has 7 rings (SSSR count). The Morgan fingerprint density at radius 3 is 2.36 bits per heavy atom. The molecule has 5 aromatic rings. The van der Waals surface area contributed by atoms with Crippen LogP contribution < -0.4 is 5.73 Å². The number of thiazole rings is 1. The molecule has 1 saturated heterocycles. The number of benzene rings is 2. The minimum Gasteiger partial charge on any atom is -0.479 e. The molecule has 1 aliphatic heterocycles. The van der Waals surface area contributed by atoms with Gasteiger partial charge in [0.15, 0.2) is 23.3 Å². The number of nitrogen functional groups attached to an aromatic ring is 1. The fourth-order valence-corrected chi connectivity index (χ4v) is 6.52. The van der Waals surface area contributed by atoms with Crippen LogP contribution >= 0.6 is 22.9 Å². The van der Waals surface area contributed by atoms with E-state index in [4.69, 9.17) is 31.9 Å². The molecule has 230 valence electrons. The van der Waals surface area contributed by atoms with Crippen molar-refractivity contribution in [1.82, 2.24) is 24.5 Å². The summed E-state index contributed by atoms with van der Waals surface area (Å²) in [6.07, 6.45) is -3.85. The van der Waals surface area contributed by atoms with Gasteiger partial charge in [-0.05, 0) is 40.4 Å². The van der Waals surface area contributed by atoms with Gasteiger partial charge in [-0.25, -0.2) is 19.6 Å². The zero-order chi connectivity index (χ0) is 31.7. The number of imidazole rings is 1. The molecule has 6 atom stereocenters. The Kier molecular flexibility index (Phi) is 6.85. The number of ether oxygens (including phenoxy) is 2. The predicted octanol–water partition coefficient (Wildman–Crippen LogP) is 2.49. The Morgan fingerprint density at radius 2 is 1.78 bits per heavy atom. The summed E-state index contributed by atoms with van der Waals surface area (Å²) in [6.45, 7) is 0. The van der Waals surface area contributed by atoms with Crippen molar-refractivity contribution in [2.24, 2.45) is 0 Å². The van der Waals surface area contributed by atoms with Crippen molar-refractivity contribution in [3.63, 3.8) is 0 Å². The molecular formula is C29H23ClN6O8S. The standard InChI is InChI=1S/C29H23ClN6O8S/c30-27-34-22(31)18-23(35-27)36(11-32-18)24-19(37)29(42)20(43-24)21(29)44-28(26(40)41,17-10-45-12-33-17)9-13-1-3-14(4-2-13)15-5-7-16(8-6-15)25(38)39/h1-8,10-12,19-21,24,37,42H,9H2,(H,38,39)(H,40,41)(H2,31,34,35)/t19-,20+,21?,24+,28-,29-/m0/s1. The maximum atomic E-state index is 13.0. The topological polar surface area (TPSA) is 216 Å². The van der Waals surface area contributed by atoms with Crippen molar-refractivity contribution < 1.29 is 39.5 Å². The highest BCUT2D eigenvalue weighted by Crippen LogP contribution is 2.57. The maximum Gasteiger partial charge on any atom is 0.342 e. The molecule has 2 aliphatic rings. The van der Waals surface area contributed by atoms with E-state index in [-0.39, 0.29) is 39.9 Å². The third-order valence-electron chi connectivity index (χ3n) is 8.19. The number of aliphatic hydroxyl groups is 2. The monoisotopic (exact) mass is 650 g/mol. The number of aromatic nitrogens is 5. The number of nitrogens with two attached hydrogens (primary N) is 1. The molecule has 1 saturated carbocycles. The summed E-state index contributed by atoms with van der Waals surface area (Å²) in [5.41, 5.74) is 6.23. The number of hydrogen-bond donors (Lipinski definition) is 5. The third kappa shape index (κ3) is 4.63. The van der Waals surface area contributed by atoms with E-state index in [0.717, 1.165) is 11.1 Å². The van der Waals surface area contributed by atoms with E-state index in [1.54, 1.807) is 41.8 Å². The number of halogens is 1. The summed E-state index contributed by atoms with van der Waals surface area (Å²) >= 11 is 7.15. The van der Waals surface area contributed by atoms with Gasteiger partial charge in [-0.1, -0.05) is 36.4 Å². The lowest BCUT2D eigenvalue weighted by molar-refractivity contribution is -0.186. The first-order valence-electron chi connectivity index (χ1n) is 13.5. The molecule has 14 nitrogen and oxygen atoms in total. The van der Waals surface area contributed by atoms with Crippen LogP contribution in [-0.2, 0) is 26.3 Å². The van der Waals surface area contributed by atoms with Crippen molar-refractivity contribution in [3.8, 4) is 11.1 Å².